The molecule has 0 bridgehead atoms. The summed E-state index contributed by atoms with van der Waals surface area (Å²) in [7, 11) is 0. The number of aliphatic hydroxyl groups excluding tert-OH is 1. The van der Waals surface area contributed by atoms with Crippen molar-refractivity contribution in [1.82, 2.24) is 5.32 Å². The van der Waals surface area contributed by atoms with Crippen LogP contribution in [0.1, 0.15) is 25.5 Å². The van der Waals surface area contributed by atoms with Crippen molar-refractivity contribution < 1.29 is 19.1 Å². The van der Waals surface area contributed by atoms with Crippen LogP contribution in [0, 0.1) is 0 Å². The fourth-order valence-electron chi connectivity index (χ4n) is 2.68. The van der Waals surface area contributed by atoms with Gasteiger partial charge in [0.25, 0.3) is 5.91 Å². The molecule has 1 atom stereocenters. The van der Waals surface area contributed by atoms with Crippen LogP contribution in [-0.2, 0) is 4.79 Å². The molecule has 0 spiro atoms. The van der Waals surface area contributed by atoms with Crippen molar-refractivity contribution in [3.05, 3.63) is 77.5 Å². The van der Waals surface area contributed by atoms with E-state index >= 15 is 0 Å². The van der Waals surface area contributed by atoms with Gasteiger partial charge in [-0.1, -0.05) is 35.9 Å². The number of benzene rings is 2. The topological polar surface area (TPSA) is 71.7 Å². The van der Waals surface area contributed by atoms with E-state index in [2.05, 4.69) is 5.32 Å². The summed E-state index contributed by atoms with van der Waals surface area (Å²) in [4.78, 5) is 12.5. The molecule has 1 heterocycles. The maximum absolute atomic E-state index is 12.5. The van der Waals surface area contributed by atoms with E-state index < -0.39 is 11.7 Å². The second-order valence-electron chi connectivity index (χ2n) is 6.89. The Morgan fingerprint density at radius 3 is 2.43 bits per heavy atom. The summed E-state index contributed by atoms with van der Waals surface area (Å²) in [5, 5.41) is 13.7. The number of hydrogen-bond donors (Lipinski definition) is 2. The Labute approximate surface area is 168 Å². The Kier molecular flexibility index (Phi) is 6.07. The molecule has 0 aliphatic heterocycles. The van der Waals surface area contributed by atoms with Crippen molar-refractivity contribution in [1.29, 1.82) is 0 Å². The van der Waals surface area contributed by atoms with Gasteiger partial charge < -0.3 is 19.6 Å². The van der Waals surface area contributed by atoms with E-state index in [0.717, 1.165) is 11.3 Å². The van der Waals surface area contributed by atoms with Gasteiger partial charge in [0.1, 0.15) is 11.5 Å². The largest absolute Gasteiger partial charge is 0.478 e. The molecule has 0 unspecified atom stereocenters. The molecule has 1 amide bonds. The zero-order valence-electron chi connectivity index (χ0n) is 15.7. The predicted octanol–water partition coefficient (Wildman–Crippen LogP) is 4.61. The number of halogens is 1. The number of hydrogen-bond acceptors (Lipinski definition) is 4. The van der Waals surface area contributed by atoms with Crippen molar-refractivity contribution in [3.63, 3.8) is 0 Å². The van der Waals surface area contributed by atoms with E-state index in [0.29, 0.717) is 16.3 Å². The molecule has 0 aliphatic rings. The second kappa shape index (κ2) is 8.50. The van der Waals surface area contributed by atoms with Crippen LogP contribution >= 0.6 is 11.6 Å². The van der Waals surface area contributed by atoms with Crippen molar-refractivity contribution in [2.45, 2.75) is 25.6 Å². The van der Waals surface area contributed by atoms with Crippen LogP contribution in [0.15, 0.2) is 71.3 Å². The lowest BCUT2D eigenvalue weighted by Gasteiger charge is -2.26. The van der Waals surface area contributed by atoms with Crippen molar-refractivity contribution in [2.24, 2.45) is 0 Å². The highest BCUT2D eigenvalue weighted by Crippen LogP contribution is 2.23. The van der Waals surface area contributed by atoms with Gasteiger partial charge in [-0.25, -0.2) is 0 Å². The van der Waals surface area contributed by atoms with E-state index in [1.807, 2.05) is 36.4 Å². The number of rotatable bonds is 7. The average Bonchev–Trinajstić information content (AvgIpc) is 3.22. The number of aliphatic hydroxyl groups is 1. The number of furan rings is 1. The standard InChI is InChI=1S/C22H22ClNO4/c1-22(2,28-18-11-9-17(23)10-12-18)21(26)24-14-19(25)15-5-7-16(8-6-15)20-4-3-13-27-20/h3-13,19,25H,14H2,1-2H3,(H,24,26)/t19-/m1/s1. The average molecular weight is 400 g/mol. The monoisotopic (exact) mass is 399 g/mol. The van der Waals surface area contributed by atoms with Crippen LogP contribution in [0.5, 0.6) is 5.75 Å². The number of carbonyl (C=O) groups excluding carboxylic acids is 1. The minimum absolute atomic E-state index is 0.0757. The normalized spacial score (nSPS) is 12.4. The molecule has 6 heteroatoms. The first kappa shape index (κ1) is 20.0. The third-order valence-corrected chi connectivity index (χ3v) is 4.54. The summed E-state index contributed by atoms with van der Waals surface area (Å²) in [5.41, 5.74) is 0.519. The third-order valence-electron chi connectivity index (χ3n) is 4.29. The van der Waals surface area contributed by atoms with E-state index in [9.17, 15) is 9.90 Å². The zero-order chi connectivity index (χ0) is 20.1. The van der Waals surface area contributed by atoms with Gasteiger partial charge in [-0.05, 0) is 55.8 Å². The molecule has 3 rings (SSSR count). The van der Waals surface area contributed by atoms with Gasteiger partial charge in [0, 0.05) is 17.1 Å². The molecular weight excluding hydrogens is 378 g/mol. The Hall–Kier alpha value is -2.76. The fraction of sp³-hybridized carbons (Fsp3) is 0.227. The van der Waals surface area contributed by atoms with E-state index in [4.69, 9.17) is 20.8 Å². The quantitative estimate of drug-likeness (QED) is 0.608. The Morgan fingerprint density at radius 2 is 1.82 bits per heavy atom. The van der Waals surface area contributed by atoms with Gasteiger partial charge in [0.15, 0.2) is 5.60 Å². The summed E-state index contributed by atoms with van der Waals surface area (Å²) in [6.07, 6.45) is 0.780. The fourth-order valence-corrected chi connectivity index (χ4v) is 2.80. The molecule has 0 saturated carbocycles. The maximum atomic E-state index is 12.5. The predicted molar refractivity (Wildman–Crippen MR) is 108 cm³/mol. The van der Waals surface area contributed by atoms with Crippen LogP contribution in [0.4, 0.5) is 0 Å². The van der Waals surface area contributed by atoms with Gasteiger partial charge in [-0.15, -0.1) is 0 Å². The zero-order valence-corrected chi connectivity index (χ0v) is 16.4. The summed E-state index contributed by atoms with van der Waals surface area (Å²) < 4.78 is 11.1. The second-order valence-corrected chi connectivity index (χ2v) is 7.33. The smallest absolute Gasteiger partial charge is 0.263 e. The van der Waals surface area contributed by atoms with Gasteiger partial charge >= 0.3 is 0 Å². The Morgan fingerprint density at radius 1 is 1.14 bits per heavy atom. The molecule has 3 aromatic rings. The molecular formula is C22H22ClNO4. The first-order chi connectivity index (χ1) is 13.3. The van der Waals surface area contributed by atoms with Crippen molar-refractivity contribution >= 4 is 17.5 Å². The molecule has 2 N–H and O–H groups in total. The van der Waals surface area contributed by atoms with E-state index in [1.54, 1.807) is 44.4 Å². The molecule has 1 aromatic heterocycles. The summed E-state index contributed by atoms with van der Waals surface area (Å²) in [6, 6.07) is 17.8. The highest BCUT2D eigenvalue weighted by atomic mass is 35.5. The lowest BCUT2D eigenvalue weighted by molar-refractivity contribution is -0.134. The molecule has 0 radical (unpaired) electrons. The molecule has 2 aromatic carbocycles. The number of carbonyl (C=O) groups is 1. The minimum atomic E-state index is -1.10. The summed E-state index contributed by atoms with van der Waals surface area (Å²) >= 11 is 5.86. The van der Waals surface area contributed by atoms with Crippen LogP contribution in [0.3, 0.4) is 0 Å². The van der Waals surface area contributed by atoms with Crippen molar-refractivity contribution in [3.8, 4) is 17.1 Å². The molecule has 5 nitrogen and oxygen atoms in total. The van der Waals surface area contributed by atoms with Crippen LogP contribution in [0.2, 0.25) is 5.02 Å². The maximum Gasteiger partial charge on any atom is 0.263 e. The minimum Gasteiger partial charge on any atom is -0.478 e. The van der Waals surface area contributed by atoms with Gasteiger partial charge in [-0.2, -0.15) is 0 Å². The summed E-state index contributed by atoms with van der Waals surface area (Å²) in [6.45, 7) is 3.41. The van der Waals surface area contributed by atoms with Gasteiger partial charge in [-0.3, -0.25) is 4.79 Å². The van der Waals surface area contributed by atoms with Gasteiger partial charge in [0.05, 0.1) is 12.4 Å². The first-order valence-electron chi connectivity index (χ1n) is 8.90. The lowest BCUT2D eigenvalue weighted by Crippen LogP contribution is -2.47. The number of nitrogens with one attached hydrogen (secondary N) is 1. The van der Waals surface area contributed by atoms with Crippen LogP contribution in [-0.4, -0.2) is 23.2 Å². The summed E-state index contributed by atoms with van der Waals surface area (Å²) in [5.74, 6) is 0.975. The van der Waals surface area contributed by atoms with Crippen LogP contribution < -0.4 is 10.1 Å². The Balaban J connectivity index is 1.56. The molecule has 0 aliphatic carbocycles. The highest BCUT2D eigenvalue weighted by molar-refractivity contribution is 6.30. The van der Waals surface area contributed by atoms with Crippen molar-refractivity contribution in [2.75, 3.05) is 6.54 Å². The van der Waals surface area contributed by atoms with E-state index in [1.165, 1.54) is 0 Å². The third kappa shape index (κ3) is 4.94. The number of ether oxygens (including phenoxy) is 1. The molecule has 0 saturated heterocycles. The van der Waals surface area contributed by atoms with Gasteiger partial charge in [0.2, 0.25) is 0 Å². The molecule has 0 fully saturated rings. The lowest BCUT2D eigenvalue weighted by atomic mass is 10.0. The highest BCUT2D eigenvalue weighted by Gasteiger charge is 2.30. The SMILES string of the molecule is CC(C)(Oc1ccc(Cl)cc1)C(=O)NC[C@@H](O)c1ccc(-c2ccco2)cc1. The first-order valence-corrected chi connectivity index (χ1v) is 9.28. The van der Waals surface area contributed by atoms with E-state index in [-0.39, 0.29) is 12.5 Å². The molecule has 28 heavy (non-hydrogen) atoms. The Bertz CT molecular complexity index is 903. The van der Waals surface area contributed by atoms with Crippen LogP contribution in [0.25, 0.3) is 11.3 Å². The molecule has 146 valence electrons. The number of amides is 1.